The van der Waals surface area contributed by atoms with Crippen molar-refractivity contribution in [3.63, 3.8) is 0 Å². The summed E-state index contributed by atoms with van der Waals surface area (Å²) in [6.07, 6.45) is 6.76. The van der Waals surface area contributed by atoms with Crippen molar-refractivity contribution in [3.05, 3.63) is 24.3 Å². The molecule has 0 radical (unpaired) electrons. The summed E-state index contributed by atoms with van der Waals surface area (Å²) < 4.78 is 5.68. The Kier molecular flexibility index (Phi) is 4.16. The number of amides is 2. The zero-order valence-electron chi connectivity index (χ0n) is 16.5. The van der Waals surface area contributed by atoms with Gasteiger partial charge in [-0.25, -0.2) is 14.8 Å². The van der Waals surface area contributed by atoms with Crippen LogP contribution < -0.4 is 0 Å². The lowest BCUT2D eigenvalue weighted by Crippen LogP contribution is -2.58. The van der Waals surface area contributed by atoms with Crippen LogP contribution in [0.2, 0.25) is 0 Å². The lowest BCUT2D eigenvalue weighted by atomic mass is 9.66. The third kappa shape index (κ3) is 2.97. The van der Waals surface area contributed by atoms with E-state index >= 15 is 0 Å². The van der Waals surface area contributed by atoms with Crippen LogP contribution in [0.25, 0.3) is 0 Å². The minimum absolute atomic E-state index is 0.0156. The van der Waals surface area contributed by atoms with E-state index < -0.39 is 5.60 Å². The second-order valence-electron chi connectivity index (χ2n) is 9.24. The lowest BCUT2D eigenvalue weighted by Gasteiger charge is -2.49. The molecule has 7 heteroatoms. The monoisotopic (exact) mass is 372 g/mol. The highest BCUT2D eigenvalue weighted by molar-refractivity contribution is 5.91. The molecule has 3 heterocycles. The van der Waals surface area contributed by atoms with E-state index in [0.717, 1.165) is 25.7 Å². The first-order valence-electron chi connectivity index (χ1n) is 9.80. The van der Waals surface area contributed by atoms with Gasteiger partial charge in [0, 0.05) is 36.4 Å². The quantitative estimate of drug-likeness (QED) is 0.758. The van der Waals surface area contributed by atoms with E-state index in [4.69, 9.17) is 4.74 Å². The molecule has 0 unspecified atom stereocenters. The van der Waals surface area contributed by atoms with E-state index in [-0.39, 0.29) is 41.4 Å². The third-order valence-electron chi connectivity index (χ3n) is 6.29. The lowest BCUT2D eigenvalue weighted by molar-refractivity contribution is -0.0247. The Morgan fingerprint density at radius 3 is 2.52 bits per heavy atom. The summed E-state index contributed by atoms with van der Waals surface area (Å²) in [5.74, 6) is 0.112. The van der Waals surface area contributed by atoms with Crippen LogP contribution in [0.4, 0.5) is 4.79 Å². The summed E-state index contributed by atoms with van der Waals surface area (Å²) in [6, 6.07) is 1.92. The molecule has 2 aliphatic heterocycles. The minimum Gasteiger partial charge on any atom is -0.444 e. The van der Waals surface area contributed by atoms with Gasteiger partial charge in [0.2, 0.25) is 5.82 Å². The molecule has 2 bridgehead atoms. The Hall–Kier alpha value is -2.18. The maximum Gasteiger partial charge on any atom is 0.410 e. The number of piperidine rings is 1. The van der Waals surface area contributed by atoms with Gasteiger partial charge in [0.05, 0.1) is 6.04 Å². The molecule has 27 heavy (non-hydrogen) atoms. The molecule has 0 spiro atoms. The highest BCUT2D eigenvalue weighted by Crippen LogP contribution is 2.54. The summed E-state index contributed by atoms with van der Waals surface area (Å²) in [5.41, 5.74) is -0.640. The molecule has 2 amide bonds. The number of aromatic nitrogens is 2. The van der Waals surface area contributed by atoms with E-state index in [1.807, 2.05) is 30.6 Å². The highest BCUT2D eigenvalue weighted by Gasteiger charge is 2.62. The summed E-state index contributed by atoms with van der Waals surface area (Å²) in [5, 5.41) is 0. The van der Waals surface area contributed by atoms with Crippen molar-refractivity contribution in [2.75, 3.05) is 6.54 Å². The molecule has 3 aliphatic rings. The molecule has 0 aromatic carbocycles. The first-order valence-corrected chi connectivity index (χ1v) is 9.80. The van der Waals surface area contributed by atoms with Crippen LogP contribution in [-0.2, 0) is 4.74 Å². The van der Waals surface area contributed by atoms with Gasteiger partial charge in [0.25, 0.3) is 5.91 Å². The number of hydrogen-bond donors (Lipinski definition) is 0. The molecular weight excluding hydrogens is 344 g/mol. The van der Waals surface area contributed by atoms with Crippen LogP contribution in [0.3, 0.4) is 0 Å². The molecule has 4 rings (SSSR count). The third-order valence-corrected chi connectivity index (χ3v) is 6.29. The van der Waals surface area contributed by atoms with Crippen molar-refractivity contribution in [3.8, 4) is 0 Å². The van der Waals surface area contributed by atoms with Crippen LogP contribution in [-0.4, -0.2) is 62.0 Å². The summed E-state index contributed by atoms with van der Waals surface area (Å²) >= 11 is 0. The first-order chi connectivity index (χ1) is 12.7. The standard InChI is InChI=1S/C20H28N4O3/c1-19(2,3)27-18(26)23-12-13-11-20(4)14(23)7-5-8-15(20)24(13)17(25)16-21-9-6-10-22-16/h6,9-10,13-15H,5,7-8,11-12H2,1-4H3/t13-,14+,15-,20+/m0/s1. The first kappa shape index (κ1) is 18.2. The number of likely N-dealkylation sites (tertiary alicyclic amines) is 2. The molecule has 1 aliphatic carbocycles. The van der Waals surface area contributed by atoms with Gasteiger partial charge in [-0.05, 0) is 52.5 Å². The predicted octanol–water partition coefficient (Wildman–Crippen LogP) is 2.87. The average Bonchev–Trinajstić information content (AvgIpc) is 2.90. The fraction of sp³-hybridized carbons (Fsp3) is 0.700. The molecule has 4 atom stereocenters. The Morgan fingerprint density at radius 1 is 1.19 bits per heavy atom. The smallest absolute Gasteiger partial charge is 0.410 e. The number of carbonyl (C=O) groups excluding carboxylic acids is 2. The second kappa shape index (κ2) is 6.17. The molecule has 7 nitrogen and oxygen atoms in total. The van der Waals surface area contributed by atoms with Crippen LogP contribution in [0.15, 0.2) is 18.5 Å². The highest BCUT2D eigenvalue weighted by atomic mass is 16.6. The Balaban J connectivity index is 1.66. The number of fused-ring (bicyclic) bond motifs is 1. The Labute approximate surface area is 160 Å². The Bertz CT molecular complexity index is 747. The van der Waals surface area contributed by atoms with Crippen LogP contribution in [0.1, 0.15) is 64.0 Å². The predicted molar refractivity (Wildman–Crippen MR) is 99.1 cm³/mol. The fourth-order valence-electron chi connectivity index (χ4n) is 5.35. The number of ether oxygens (including phenoxy) is 1. The fourth-order valence-corrected chi connectivity index (χ4v) is 5.35. The minimum atomic E-state index is -0.532. The van der Waals surface area contributed by atoms with Gasteiger partial charge in [0.15, 0.2) is 0 Å². The van der Waals surface area contributed by atoms with Gasteiger partial charge in [-0.15, -0.1) is 0 Å². The van der Waals surface area contributed by atoms with Crippen LogP contribution >= 0.6 is 0 Å². The molecule has 146 valence electrons. The van der Waals surface area contributed by atoms with Crippen molar-refractivity contribution < 1.29 is 14.3 Å². The molecule has 1 saturated carbocycles. The number of hydrogen-bond acceptors (Lipinski definition) is 5. The zero-order chi connectivity index (χ0) is 19.4. The maximum atomic E-state index is 13.2. The van der Waals surface area contributed by atoms with E-state index in [1.54, 1.807) is 18.5 Å². The summed E-state index contributed by atoms with van der Waals surface area (Å²) in [7, 11) is 0. The molecule has 0 N–H and O–H groups in total. The molecule has 2 saturated heterocycles. The average molecular weight is 372 g/mol. The van der Waals surface area contributed by atoms with E-state index in [2.05, 4.69) is 16.9 Å². The molecule has 1 aromatic heterocycles. The van der Waals surface area contributed by atoms with Crippen molar-refractivity contribution in [1.29, 1.82) is 0 Å². The van der Waals surface area contributed by atoms with Crippen molar-refractivity contribution in [2.45, 2.75) is 77.1 Å². The van der Waals surface area contributed by atoms with E-state index in [9.17, 15) is 9.59 Å². The SMILES string of the molecule is CC(C)(C)OC(=O)N1C[C@@H]2C[C@@]3(C)[C@H](CCC[C@@H]13)N2C(=O)c1ncccn1. The van der Waals surface area contributed by atoms with Crippen molar-refractivity contribution in [2.24, 2.45) is 5.41 Å². The topological polar surface area (TPSA) is 75.6 Å². The Morgan fingerprint density at radius 2 is 1.85 bits per heavy atom. The van der Waals surface area contributed by atoms with E-state index in [1.165, 1.54) is 0 Å². The number of carbonyl (C=O) groups is 2. The largest absolute Gasteiger partial charge is 0.444 e. The van der Waals surface area contributed by atoms with Crippen molar-refractivity contribution >= 4 is 12.0 Å². The van der Waals surface area contributed by atoms with Crippen LogP contribution in [0.5, 0.6) is 0 Å². The molecule has 3 fully saturated rings. The van der Waals surface area contributed by atoms with Gasteiger partial charge in [-0.2, -0.15) is 0 Å². The molecule has 1 aromatic rings. The summed E-state index contributed by atoms with van der Waals surface area (Å²) in [4.78, 5) is 38.3. The van der Waals surface area contributed by atoms with Gasteiger partial charge in [-0.1, -0.05) is 6.92 Å². The van der Waals surface area contributed by atoms with Gasteiger partial charge >= 0.3 is 6.09 Å². The van der Waals surface area contributed by atoms with E-state index in [0.29, 0.717) is 6.54 Å². The van der Waals surface area contributed by atoms with Gasteiger partial charge in [-0.3, -0.25) is 4.79 Å². The number of rotatable bonds is 1. The zero-order valence-corrected chi connectivity index (χ0v) is 16.5. The van der Waals surface area contributed by atoms with Crippen molar-refractivity contribution in [1.82, 2.24) is 19.8 Å². The summed E-state index contributed by atoms with van der Waals surface area (Å²) in [6.45, 7) is 8.40. The maximum absolute atomic E-state index is 13.2. The molecular formula is C20H28N4O3. The van der Waals surface area contributed by atoms with Gasteiger partial charge in [0.1, 0.15) is 5.60 Å². The normalized spacial score (nSPS) is 32.4. The van der Waals surface area contributed by atoms with Gasteiger partial charge < -0.3 is 14.5 Å². The number of nitrogens with zero attached hydrogens (tertiary/aromatic N) is 4. The second-order valence-corrected chi connectivity index (χ2v) is 9.24. The van der Waals surface area contributed by atoms with Crippen LogP contribution in [0, 0.1) is 5.41 Å².